The van der Waals surface area contributed by atoms with Crippen molar-refractivity contribution in [3.63, 3.8) is 0 Å². The first-order valence-electron chi connectivity index (χ1n) is 10.9. The normalized spacial score (nSPS) is 10.9. The fourth-order valence-corrected chi connectivity index (χ4v) is 4.10. The highest BCUT2D eigenvalue weighted by atomic mass is 16.5. The second kappa shape index (κ2) is 9.16. The molecule has 0 amide bonds. The van der Waals surface area contributed by atoms with E-state index < -0.39 is 5.97 Å². The minimum Gasteiger partial charge on any atom is -0.465 e. The maximum Gasteiger partial charge on any atom is 0.342 e. The number of hydrogen-bond donors (Lipinski definition) is 0. The second-order valence-corrected chi connectivity index (χ2v) is 7.89. The lowest BCUT2D eigenvalue weighted by Crippen LogP contribution is -2.12. The van der Waals surface area contributed by atoms with Gasteiger partial charge in [-0.3, -0.25) is 9.78 Å². The van der Waals surface area contributed by atoms with Crippen molar-refractivity contribution in [2.75, 3.05) is 7.11 Å². The zero-order valence-electron chi connectivity index (χ0n) is 18.5. The van der Waals surface area contributed by atoms with E-state index in [-0.39, 0.29) is 16.9 Å². The van der Waals surface area contributed by atoms with E-state index in [1.54, 1.807) is 18.3 Å². The number of nitrogens with zero attached hydrogens (tertiary/aromatic N) is 1. The Bertz CT molecular complexity index is 1490. The van der Waals surface area contributed by atoms with Crippen LogP contribution in [0.2, 0.25) is 0 Å². The molecule has 5 nitrogen and oxygen atoms in total. The quantitative estimate of drug-likeness (QED) is 0.232. The molecule has 0 saturated heterocycles. The van der Waals surface area contributed by atoms with E-state index in [1.807, 2.05) is 72.8 Å². The van der Waals surface area contributed by atoms with Crippen molar-refractivity contribution in [2.24, 2.45) is 0 Å². The Hall–Kier alpha value is -4.51. The fraction of sp³-hybridized carbons (Fsp3) is 0.0690. The summed E-state index contributed by atoms with van der Waals surface area (Å²) in [6, 6.07) is 26.8. The molecule has 0 unspecified atom stereocenters. The van der Waals surface area contributed by atoms with Crippen molar-refractivity contribution < 1.29 is 18.7 Å². The zero-order valence-corrected chi connectivity index (χ0v) is 18.5. The summed E-state index contributed by atoms with van der Waals surface area (Å²) < 4.78 is 11.4. The molecular formula is C29H21NO4. The average molecular weight is 447 g/mol. The van der Waals surface area contributed by atoms with E-state index in [0.717, 1.165) is 16.3 Å². The van der Waals surface area contributed by atoms with Crippen LogP contribution in [0.15, 0.2) is 102 Å². The number of fused-ring (bicyclic) bond motifs is 1. The van der Waals surface area contributed by atoms with Gasteiger partial charge in [-0.15, -0.1) is 0 Å². The van der Waals surface area contributed by atoms with Crippen LogP contribution in [0.25, 0.3) is 22.1 Å². The van der Waals surface area contributed by atoms with E-state index in [4.69, 9.17) is 9.15 Å². The van der Waals surface area contributed by atoms with E-state index in [0.29, 0.717) is 29.1 Å². The number of carbonyl (C=O) groups excluding carboxylic acids is 2. The van der Waals surface area contributed by atoms with Gasteiger partial charge >= 0.3 is 5.97 Å². The number of hydrogen-bond acceptors (Lipinski definition) is 5. The Balaban J connectivity index is 1.75. The number of furan rings is 1. The minimum absolute atomic E-state index is 0.123. The monoisotopic (exact) mass is 447 g/mol. The van der Waals surface area contributed by atoms with Crippen LogP contribution >= 0.6 is 0 Å². The predicted octanol–water partition coefficient (Wildman–Crippen LogP) is 6.10. The molecule has 34 heavy (non-hydrogen) atoms. The molecule has 0 fully saturated rings. The largest absolute Gasteiger partial charge is 0.465 e. The van der Waals surface area contributed by atoms with Gasteiger partial charge in [-0.1, -0.05) is 66.7 Å². The van der Waals surface area contributed by atoms with Gasteiger partial charge in [0.2, 0.25) is 0 Å². The Morgan fingerprint density at radius 3 is 2.35 bits per heavy atom. The third-order valence-corrected chi connectivity index (χ3v) is 5.74. The summed E-state index contributed by atoms with van der Waals surface area (Å²) in [5.41, 5.74) is 2.34. The van der Waals surface area contributed by atoms with E-state index in [9.17, 15) is 9.59 Å². The van der Waals surface area contributed by atoms with E-state index >= 15 is 0 Å². The van der Waals surface area contributed by atoms with Crippen LogP contribution in [0.3, 0.4) is 0 Å². The smallest absolute Gasteiger partial charge is 0.342 e. The highest BCUT2D eigenvalue weighted by Crippen LogP contribution is 2.36. The molecule has 166 valence electrons. The number of carbonyl (C=O) groups is 2. The Morgan fingerprint density at radius 2 is 1.62 bits per heavy atom. The van der Waals surface area contributed by atoms with Gasteiger partial charge in [0.1, 0.15) is 17.1 Å². The Morgan fingerprint density at radius 1 is 0.853 bits per heavy atom. The van der Waals surface area contributed by atoms with E-state index in [1.165, 1.54) is 13.3 Å². The van der Waals surface area contributed by atoms with Crippen molar-refractivity contribution in [1.29, 1.82) is 0 Å². The molecule has 0 bridgehead atoms. The molecule has 0 saturated carbocycles. The first kappa shape index (κ1) is 21.3. The molecule has 0 spiro atoms. The van der Waals surface area contributed by atoms with Crippen LogP contribution in [0.4, 0.5) is 0 Å². The van der Waals surface area contributed by atoms with Gasteiger partial charge in [0.15, 0.2) is 5.78 Å². The van der Waals surface area contributed by atoms with Gasteiger partial charge in [0, 0.05) is 29.9 Å². The summed E-state index contributed by atoms with van der Waals surface area (Å²) in [5, 5.41) is 2.06. The molecule has 0 atom stereocenters. The summed E-state index contributed by atoms with van der Waals surface area (Å²) in [6.45, 7) is 0. The summed E-state index contributed by atoms with van der Waals surface area (Å²) in [6.07, 6.45) is 3.43. The molecule has 0 N–H and O–H groups in total. The number of methoxy groups -OCH3 is 1. The van der Waals surface area contributed by atoms with Gasteiger partial charge in [0.05, 0.1) is 12.7 Å². The summed E-state index contributed by atoms with van der Waals surface area (Å²) in [4.78, 5) is 30.8. The second-order valence-electron chi connectivity index (χ2n) is 7.89. The maximum absolute atomic E-state index is 13.6. The molecule has 5 heteroatoms. The van der Waals surface area contributed by atoms with Crippen LogP contribution in [0, 0.1) is 0 Å². The lowest BCUT2D eigenvalue weighted by atomic mass is 9.95. The molecule has 0 aliphatic carbocycles. The van der Waals surface area contributed by atoms with Crippen molar-refractivity contribution in [3.05, 3.63) is 125 Å². The van der Waals surface area contributed by atoms with Crippen LogP contribution in [0.5, 0.6) is 0 Å². The third-order valence-electron chi connectivity index (χ3n) is 5.74. The molecule has 3 aromatic carbocycles. The highest BCUT2D eigenvalue weighted by molar-refractivity contribution is 6.17. The van der Waals surface area contributed by atoms with Crippen LogP contribution < -0.4 is 0 Å². The number of rotatable bonds is 6. The summed E-state index contributed by atoms with van der Waals surface area (Å²) >= 11 is 0. The number of pyridine rings is 1. The van der Waals surface area contributed by atoms with Crippen molar-refractivity contribution >= 4 is 22.5 Å². The van der Waals surface area contributed by atoms with Gasteiger partial charge in [-0.2, -0.15) is 0 Å². The van der Waals surface area contributed by atoms with Crippen LogP contribution in [-0.4, -0.2) is 23.8 Å². The first-order chi connectivity index (χ1) is 16.7. The molecule has 5 aromatic rings. The summed E-state index contributed by atoms with van der Waals surface area (Å²) in [7, 11) is 1.30. The van der Waals surface area contributed by atoms with Crippen LogP contribution in [-0.2, 0) is 11.2 Å². The lowest BCUT2D eigenvalue weighted by Gasteiger charge is -2.06. The molecule has 0 radical (unpaired) electrons. The number of esters is 1. The minimum atomic E-state index is -0.626. The van der Waals surface area contributed by atoms with Crippen LogP contribution in [0.1, 0.15) is 37.6 Å². The molecule has 0 aliphatic heterocycles. The third kappa shape index (κ3) is 3.99. The summed E-state index contributed by atoms with van der Waals surface area (Å²) in [5.74, 6) is -0.243. The Labute approximate surface area is 196 Å². The fourth-order valence-electron chi connectivity index (χ4n) is 4.10. The molecular weight excluding hydrogens is 426 g/mol. The maximum atomic E-state index is 13.6. The van der Waals surface area contributed by atoms with Crippen molar-refractivity contribution in [2.45, 2.75) is 6.42 Å². The van der Waals surface area contributed by atoms with Gasteiger partial charge in [-0.25, -0.2) is 4.79 Å². The van der Waals surface area contributed by atoms with Gasteiger partial charge in [-0.05, 0) is 34.5 Å². The average Bonchev–Trinajstić information content (AvgIpc) is 3.27. The first-order valence-corrected chi connectivity index (χ1v) is 10.9. The van der Waals surface area contributed by atoms with Gasteiger partial charge in [0.25, 0.3) is 0 Å². The predicted molar refractivity (Wildman–Crippen MR) is 130 cm³/mol. The SMILES string of the molecule is COC(=O)c1c(-c2ccc3ccccc3c2)oc(Cc2ccccc2)c1C(=O)c1cccnc1. The van der Waals surface area contributed by atoms with E-state index in [2.05, 4.69) is 4.98 Å². The zero-order chi connectivity index (χ0) is 23.5. The molecule has 0 aliphatic rings. The number of ether oxygens (including phenoxy) is 1. The van der Waals surface area contributed by atoms with Crippen molar-refractivity contribution in [3.8, 4) is 11.3 Å². The molecule has 5 rings (SSSR count). The highest BCUT2D eigenvalue weighted by Gasteiger charge is 2.32. The standard InChI is InChI=1S/C29H21NO4/c1-33-29(32)26-25(27(31)23-12-7-15-30-18-23)24(16-19-8-3-2-4-9-19)34-28(26)22-14-13-20-10-5-6-11-21(20)17-22/h2-15,17-18H,16H2,1H3. The molecule has 2 heterocycles. The van der Waals surface area contributed by atoms with Gasteiger partial charge < -0.3 is 9.15 Å². The lowest BCUT2D eigenvalue weighted by molar-refractivity contribution is 0.0598. The van der Waals surface area contributed by atoms with Crippen molar-refractivity contribution in [1.82, 2.24) is 4.98 Å². The molecule has 2 aromatic heterocycles. The Kier molecular flexibility index (Phi) is 5.75. The number of ketones is 1. The topological polar surface area (TPSA) is 69.4 Å². The number of aromatic nitrogens is 1. The number of benzene rings is 3.